The number of hydrogen-bond acceptors (Lipinski definition) is 6. The summed E-state index contributed by atoms with van der Waals surface area (Å²) in [6.45, 7) is 1.94. The summed E-state index contributed by atoms with van der Waals surface area (Å²) in [6.07, 6.45) is 0. The third-order valence-corrected chi connectivity index (χ3v) is 4.21. The van der Waals surface area contributed by atoms with Gasteiger partial charge in [-0.2, -0.15) is 8.42 Å². The number of amides is 1. The van der Waals surface area contributed by atoms with Gasteiger partial charge in [0.05, 0.1) is 17.9 Å². The molecule has 8 nitrogen and oxygen atoms in total. The number of rotatable bonds is 6. The van der Waals surface area contributed by atoms with Gasteiger partial charge in [0.15, 0.2) is 0 Å². The van der Waals surface area contributed by atoms with Crippen LogP contribution in [0.25, 0.3) is 10.8 Å². The minimum Gasteiger partial charge on any atom is -0.507 e. The Hall–Kier alpha value is -3.30. The van der Waals surface area contributed by atoms with E-state index in [2.05, 4.69) is 9.50 Å². The summed E-state index contributed by atoms with van der Waals surface area (Å²) in [5.41, 5.74) is 0.307. The molecule has 0 saturated carbocycles. The summed E-state index contributed by atoms with van der Waals surface area (Å²) in [6, 6.07) is 14.2. The van der Waals surface area contributed by atoms with E-state index >= 15 is 0 Å². The highest BCUT2D eigenvalue weighted by molar-refractivity contribution is 7.81. The van der Waals surface area contributed by atoms with Gasteiger partial charge in [-0.25, -0.2) is 0 Å². The van der Waals surface area contributed by atoms with Gasteiger partial charge >= 0.3 is 10.4 Å². The van der Waals surface area contributed by atoms with Gasteiger partial charge < -0.3 is 19.3 Å². The van der Waals surface area contributed by atoms with E-state index in [9.17, 15) is 18.3 Å². The predicted octanol–water partition coefficient (Wildman–Crippen LogP) is 3.38. The Kier molecular flexibility index (Phi) is 5.39. The van der Waals surface area contributed by atoms with Crippen molar-refractivity contribution in [2.24, 2.45) is 0 Å². The lowest BCUT2D eigenvalue weighted by Crippen LogP contribution is -2.13. The summed E-state index contributed by atoms with van der Waals surface area (Å²) >= 11 is 0. The van der Waals surface area contributed by atoms with Crippen molar-refractivity contribution in [3.8, 4) is 17.2 Å². The van der Waals surface area contributed by atoms with E-state index in [-0.39, 0.29) is 35.1 Å². The first-order valence-electron chi connectivity index (χ1n) is 8.23. The van der Waals surface area contributed by atoms with Crippen LogP contribution in [-0.2, 0) is 10.4 Å². The molecule has 0 heterocycles. The average Bonchev–Trinajstić information content (AvgIpc) is 2.62. The Bertz CT molecular complexity index is 1140. The van der Waals surface area contributed by atoms with Crippen LogP contribution < -0.4 is 14.2 Å². The van der Waals surface area contributed by atoms with Crippen molar-refractivity contribution in [2.45, 2.75) is 6.92 Å². The lowest BCUT2D eigenvalue weighted by Gasteiger charge is -2.14. The highest BCUT2D eigenvalue weighted by atomic mass is 32.3. The number of carbonyl (C=O) groups excluding carboxylic acids is 1. The molecule has 0 aliphatic rings. The van der Waals surface area contributed by atoms with E-state index < -0.39 is 16.3 Å². The normalized spacial score (nSPS) is 11.2. The Labute approximate surface area is 161 Å². The van der Waals surface area contributed by atoms with Gasteiger partial charge in [-0.3, -0.25) is 9.35 Å². The summed E-state index contributed by atoms with van der Waals surface area (Å²) in [5.74, 6) is -0.803. The standard InChI is InChI=1S/C19H17NO7S/c1-2-26-18-11-14(27-28(23,24)25)7-8-16(18)20-19(22)15-9-12-5-3-4-6-13(12)10-17(15)21/h3-11,21H,2H2,1H3,(H,20,22)(H,23,24,25). The zero-order valence-corrected chi connectivity index (χ0v) is 15.6. The van der Waals surface area contributed by atoms with Crippen molar-refractivity contribution in [3.63, 3.8) is 0 Å². The zero-order chi connectivity index (χ0) is 20.3. The van der Waals surface area contributed by atoms with E-state index in [1.807, 2.05) is 24.3 Å². The number of aromatic hydroxyl groups is 1. The first kappa shape index (κ1) is 19.5. The smallest absolute Gasteiger partial charge is 0.446 e. The highest BCUT2D eigenvalue weighted by Crippen LogP contribution is 2.32. The number of fused-ring (bicyclic) bond motifs is 1. The summed E-state index contributed by atoms with van der Waals surface area (Å²) in [7, 11) is -4.69. The lowest BCUT2D eigenvalue weighted by molar-refractivity contribution is 0.102. The van der Waals surface area contributed by atoms with E-state index in [0.717, 1.165) is 10.8 Å². The maximum atomic E-state index is 12.7. The maximum Gasteiger partial charge on any atom is 0.446 e. The largest absolute Gasteiger partial charge is 0.507 e. The number of hydrogen-bond donors (Lipinski definition) is 3. The molecule has 0 spiro atoms. The molecule has 0 unspecified atom stereocenters. The van der Waals surface area contributed by atoms with Gasteiger partial charge in [-0.1, -0.05) is 24.3 Å². The first-order chi connectivity index (χ1) is 13.3. The van der Waals surface area contributed by atoms with Crippen LogP contribution in [0.4, 0.5) is 5.69 Å². The minimum absolute atomic E-state index is 0.0689. The van der Waals surface area contributed by atoms with Gasteiger partial charge in [-0.05, 0) is 42.0 Å². The highest BCUT2D eigenvalue weighted by Gasteiger charge is 2.16. The number of nitrogens with one attached hydrogen (secondary N) is 1. The topological polar surface area (TPSA) is 122 Å². The quantitative estimate of drug-likeness (QED) is 0.539. The van der Waals surface area contributed by atoms with Crippen LogP contribution in [0.2, 0.25) is 0 Å². The first-order valence-corrected chi connectivity index (χ1v) is 9.60. The van der Waals surface area contributed by atoms with Crippen molar-refractivity contribution in [2.75, 3.05) is 11.9 Å². The molecule has 0 aromatic heterocycles. The molecule has 3 N–H and O–H groups in total. The molecule has 3 aromatic carbocycles. The van der Waals surface area contributed by atoms with Crippen molar-refractivity contribution in [3.05, 3.63) is 60.2 Å². The van der Waals surface area contributed by atoms with E-state index in [0.29, 0.717) is 0 Å². The minimum atomic E-state index is -4.69. The van der Waals surface area contributed by atoms with Crippen molar-refractivity contribution >= 4 is 32.8 Å². The van der Waals surface area contributed by atoms with Crippen LogP contribution >= 0.6 is 0 Å². The number of carbonyl (C=O) groups is 1. The van der Waals surface area contributed by atoms with Crippen molar-refractivity contribution in [1.82, 2.24) is 0 Å². The van der Waals surface area contributed by atoms with Crippen LogP contribution in [0.5, 0.6) is 17.2 Å². The molecule has 0 atom stereocenters. The summed E-state index contributed by atoms with van der Waals surface area (Å²) in [4.78, 5) is 12.7. The molecular weight excluding hydrogens is 386 g/mol. The second kappa shape index (κ2) is 7.75. The SMILES string of the molecule is CCOc1cc(OS(=O)(=O)O)ccc1NC(=O)c1cc2ccccc2cc1O. The molecule has 0 aliphatic carbocycles. The van der Waals surface area contributed by atoms with Crippen LogP contribution in [0.3, 0.4) is 0 Å². The second-order valence-electron chi connectivity index (χ2n) is 5.77. The molecular formula is C19H17NO7S. The second-order valence-corrected chi connectivity index (χ2v) is 6.79. The molecule has 0 saturated heterocycles. The predicted molar refractivity (Wildman–Crippen MR) is 103 cm³/mol. The van der Waals surface area contributed by atoms with Gasteiger partial charge in [0.1, 0.15) is 17.2 Å². The maximum absolute atomic E-state index is 12.7. The lowest BCUT2D eigenvalue weighted by atomic mass is 10.1. The van der Waals surface area contributed by atoms with Crippen molar-refractivity contribution in [1.29, 1.82) is 0 Å². The Balaban J connectivity index is 1.92. The Morgan fingerprint density at radius 3 is 2.39 bits per heavy atom. The molecule has 0 radical (unpaired) electrons. The van der Waals surface area contributed by atoms with Gasteiger partial charge in [0.2, 0.25) is 0 Å². The monoisotopic (exact) mass is 403 g/mol. The Morgan fingerprint density at radius 1 is 1.07 bits per heavy atom. The summed E-state index contributed by atoms with van der Waals surface area (Å²) < 4.78 is 40.3. The van der Waals surface area contributed by atoms with E-state index in [1.165, 1.54) is 24.3 Å². The molecule has 146 valence electrons. The fourth-order valence-corrected chi connectivity index (χ4v) is 3.00. The molecule has 1 amide bonds. The van der Waals surface area contributed by atoms with Crippen LogP contribution in [-0.4, -0.2) is 30.6 Å². The van der Waals surface area contributed by atoms with Gasteiger partial charge in [0, 0.05) is 6.07 Å². The molecule has 3 rings (SSSR count). The molecule has 9 heteroatoms. The van der Waals surface area contributed by atoms with Crippen LogP contribution in [0.1, 0.15) is 17.3 Å². The van der Waals surface area contributed by atoms with Crippen molar-refractivity contribution < 1.29 is 31.8 Å². The third kappa shape index (κ3) is 4.51. The molecule has 0 aliphatic heterocycles. The molecule has 0 bridgehead atoms. The number of ether oxygens (including phenoxy) is 1. The third-order valence-electron chi connectivity index (χ3n) is 3.81. The number of benzene rings is 3. The van der Waals surface area contributed by atoms with Gasteiger partial charge in [0.25, 0.3) is 5.91 Å². The number of phenolic OH excluding ortho intramolecular Hbond substituents is 1. The van der Waals surface area contributed by atoms with E-state index in [1.54, 1.807) is 13.0 Å². The average molecular weight is 403 g/mol. The summed E-state index contributed by atoms with van der Waals surface area (Å²) in [5, 5.41) is 14.4. The number of phenols is 1. The fourth-order valence-electron chi connectivity index (χ4n) is 2.65. The Morgan fingerprint density at radius 2 is 1.75 bits per heavy atom. The molecule has 0 fully saturated rings. The van der Waals surface area contributed by atoms with Crippen LogP contribution in [0, 0.1) is 0 Å². The molecule has 28 heavy (non-hydrogen) atoms. The fraction of sp³-hybridized carbons (Fsp3) is 0.105. The zero-order valence-electron chi connectivity index (χ0n) is 14.7. The van der Waals surface area contributed by atoms with Crippen LogP contribution in [0.15, 0.2) is 54.6 Å². The van der Waals surface area contributed by atoms with E-state index in [4.69, 9.17) is 9.29 Å². The molecule has 3 aromatic rings. The van der Waals surface area contributed by atoms with Gasteiger partial charge in [-0.15, -0.1) is 0 Å². The number of anilines is 1.